The van der Waals surface area contributed by atoms with Crippen molar-refractivity contribution in [3.05, 3.63) is 0 Å². The molecule has 1 rings (SSSR count). The van der Waals surface area contributed by atoms with Gasteiger partial charge in [-0.05, 0) is 25.7 Å². The summed E-state index contributed by atoms with van der Waals surface area (Å²) in [5, 5.41) is 9.55. The first-order chi connectivity index (χ1) is 3.79. The van der Waals surface area contributed by atoms with Crippen molar-refractivity contribution in [1.29, 1.82) is 0 Å². The third kappa shape index (κ3) is 1.67. The van der Waals surface area contributed by atoms with E-state index in [2.05, 4.69) is 12.6 Å². The Morgan fingerprint density at radius 2 is 1.62 bits per heavy atom. The van der Waals surface area contributed by atoms with Crippen molar-refractivity contribution < 1.29 is 5.11 Å². The molecule has 0 atom stereocenters. The molecule has 1 aliphatic carbocycles. The molecule has 0 aromatic carbocycles. The second-order valence-corrected chi connectivity index (χ2v) is 3.19. The summed E-state index contributed by atoms with van der Waals surface area (Å²) in [5.74, 6) is 0. The summed E-state index contributed by atoms with van der Waals surface area (Å²) in [6.45, 7) is 0. The molecule has 0 unspecified atom stereocenters. The van der Waals surface area contributed by atoms with Crippen LogP contribution in [0.15, 0.2) is 0 Å². The molecule has 0 aromatic heterocycles. The minimum atomic E-state index is -0.0293. The van der Waals surface area contributed by atoms with Gasteiger partial charge in [-0.1, -0.05) is 0 Å². The fourth-order valence-electron chi connectivity index (χ4n) is 1.06. The van der Waals surface area contributed by atoms with Gasteiger partial charge in [0.05, 0.1) is 6.10 Å². The normalized spacial score (nSPS) is 39.8. The lowest BCUT2D eigenvalue weighted by atomic mass is 9.98. The average Bonchev–Trinajstić information content (AvgIpc) is 1.77. The summed E-state index contributed by atoms with van der Waals surface area (Å²) in [6, 6.07) is 0. The van der Waals surface area contributed by atoms with E-state index in [0.29, 0.717) is 5.25 Å². The Hall–Kier alpha value is 0.310. The number of hydrogen-bond acceptors (Lipinski definition) is 2. The van der Waals surface area contributed by atoms with Gasteiger partial charge in [-0.2, -0.15) is 12.6 Å². The predicted molar refractivity (Wildman–Crippen MR) is 37.2 cm³/mol. The van der Waals surface area contributed by atoms with E-state index in [1.54, 1.807) is 0 Å². The van der Waals surface area contributed by atoms with Gasteiger partial charge in [-0.3, -0.25) is 0 Å². The van der Waals surface area contributed by atoms with Crippen LogP contribution in [0.1, 0.15) is 25.7 Å². The van der Waals surface area contributed by atoms with Crippen LogP contribution in [0.5, 0.6) is 0 Å². The maximum Gasteiger partial charge on any atom is 0.0541 e. The van der Waals surface area contributed by atoms with Crippen LogP contribution < -0.4 is 0 Å². The van der Waals surface area contributed by atoms with E-state index in [0.717, 1.165) is 25.7 Å². The van der Waals surface area contributed by atoms with Crippen molar-refractivity contribution in [2.24, 2.45) is 0 Å². The van der Waals surface area contributed by atoms with E-state index in [-0.39, 0.29) is 6.10 Å². The fourth-order valence-corrected chi connectivity index (χ4v) is 1.36. The molecule has 1 fully saturated rings. The first-order valence-electron chi connectivity index (χ1n) is 3.15. The Kier molecular flexibility index (Phi) is 2.20. The summed E-state index contributed by atoms with van der Waals surface area (Å²) in [5.41, 5.74) is 0. The highest BCUT2D eigenvalue weighted by atomic mass is 32.1. The highest BCUT2D eigenvalue weighted by Crippen LogP contribution is 2.21. The number of aliphatic hydroxyl groups is 1. The van der Waals surface area contributed by atoms with Gasteiger partial charge in [0.15, 0.2) is 0 Å². The first kappa shape index (κ1) is 6.43. The molecule has 0 aliphatic heterocycles. The zero-order valence-corrected chi connectivity index (χ0v) is 5.77. The largest absolute Gasteiger partial charge is 0.393 e. The molecule has 0 aromatic rings. The number of hydrogen-bond donors (Lipinski definition) is 2. The molecule has 0 radical (unpaired) electrons. The Labute approximate surface area is 55.5 Å². The van der Waals surface area contributed by atoms with Crippen LogP contribution in [0, 0.1) is 0 Å². The third-order valence-electron chi connectivity index (χ3n) is 1.67. The smallest absolute Gasteiger partial charge is 0.0541 e. The molecule has 8 heavy (non-hydrogen) atoms. The first-order valence-corrected chi connectivity index (χ1v) is 3.67. The van der Waals surface area contributed by atoms with Crippen molar-refractivity contribution in [3.63, 3.8) is 0 Å². The van der Waals surface area contributed by atoms with E-state index in [4.69, 9.17) is 5.11 Å². The van der Waals surface area contributed by atoms with Crippen LogP contribution in [0.3, 0.4) is 0 Å². The lowest BCUT2D eigenvalue weighted by Gasteiger charge is -2.20. The zero-order valence-electron chi connectivity index (χ0n) is 4.88. The summed E-state index contributed by atoms with van der Waals surface area (Å²) < 4.78 is 0. The van der Waals surface area contributed by atoms with Crippen LogP contribution in [0.25, 0.3) is 0 Å². The molecule has 0 spiro atoms. The van der Waals surface area contributed by atoms with Crippen molar-refractivity contribution in [1.82, 2.24) is 0 Å². The van der Waals surface area contributed by atoms with Crippen LogP contribution in [0.4, 0.5) is 0 Å². The maximum absolute atomic E-state index is 8.99. The van der Waals surface area contributed by atoms with E-state index in [1.165, 1.54) is 0 Å². The molecule has 0 bridgehead atoms. The molecule has 0 saturated heterocycles. The van der Waals surface area contributed by atoms with Crippen LogP contribution in [0.2, 0.25) is 0 Å². The Morgan fingerprint density at radius 1 is 1.12 bits per heavy atom. The highest BCUT2D eigenvalue weighted by molar-refractivity contribution is 7.80. The number of aliphatic hydroxyl groups excluding tert-OH is 1. The lowest BCUT2D eigenvalue weighted by molar-refractivity contribution is 0.132. The monoisotopic (exact) mass is 132 g/mol. The van der Waals surface area contributed by atoms with Crippen LogP contribution >= 0.6 is 12.6 Å². The topological polar surface area (TPSA) is 20.2 Å². The summed E-state index contributed by atoms with van der Waals surface area (Å²) in [7, 11) is 0. The highest BCUT2D eigenvalue weighted by Gasteiger charge is 2.15. The summed E-state index contributed by atoms with van der Waals surface area (Å²) in [6.07, 6.45) is 4.05. The number of rotatable bonds is 0. The quantitative estimate of drug-likeness (QED) is 0.475. The van der Waals surface area contributed by atoms with E-state index in [1.807, 2.05) is 0 Å². The van der Waals surface area contributed by atoms with E-state index < -0.39 is 0 Å². The van der Waals surface area contributed by atoms with E-state index in [9.17, 15) is 0 Å². The average molecular weight is 132 g/mol. The SMILES string of the molecule is OC1CCC(S)CC1. The van der Waals surface area contributed by atoms with Crippen molar-refractivity contribution in [3.8, 4) is 0 Å². The van der Waals surface area contributed by atoms with Crippen LogP contribution in [-0.2, 0) is 0 Å². The maximum atomic E-state index is 8.99. The van der Waals surface area contributed by atoms with Gasteiger partial charge in [-0.15, -0.1) is 0 Å². The molecule has 0 heterocycles. The van der Waals surface area contributed by atoms with E-state index >= 15 is 0 Å². The van der Waals surface area contributed by atoms with Gasteiger partial charge >= 0.3 is 0 Å². The second kappa shape index (κ2) is 2.74. The van der Waals surface area contributed by atoms with Crippen molar-refractivity contribution in [2.75, 3.05) is 0 Å². The van der Waals surface area contributed by atoms with Gasteiger partial charge in [0.1, 0.15) is 0 Å². The van der Waals surface area contributed by atoms with Gasteiger partial charge in [-0.25, -0.2) is 0 Å². The van der Waals surface area contributed by atoms with Gasteiger partial charge in [0.25, 0.3) is 0 Å². The zero-order chi connectivity index (χ0) is 5.98. The molecule has 1 saturated carbocycles. The summed E-state index contributed by atoms with van der Waals surface area (Å²) in [4.78, 5) is 0. The molecule has 48 valence electrons. The molecular formula is C6H12OS. The fraction of sp³-hybridized carbons (Fsp3) is 1.00. The molecule has 2 heteroatoms. The van der Waals surface area contributed by atoms with Gasteiger partial charge in [0, 0.05) is 5.25 Å². The molecule has 1 N–H and O–H groups in total. The van der Waals surface area contributed by atoms with Gasteiger partial charge in [0.2, 0.25) is 0 Å². The molecule has 1 nitrogen and oxygen atoms in total. The van der Waals surface area contributed by atoms with Crippen molar-refractivity contribution in [2.45, 2.75) is 37.0 Å². The Balaban J connectivity index is 2.19. The Morgan fingerprint density at radius 3 is 2.00 bits per heavy atom. The van der Waals surface area contributed by atoms with Crippen molar-refractivity contribution >= 4 is 12.6 Å². The molecule has 0 amide bonds. The standard InChI is InChI=1S/C6H12OS/c7-5-1-3-6(8)4-2-5/h5-8H,1-4H2. The predicted octanol–water partition coefficient (Wildman–Crippen LogP) is 1.22. The van der Waals surface area contributed by atoms with Gasteiger partial charge < -0.3 is 5.11 Å². The Bertz CT molecular complexity index is 56.9. The van der Waals surface area contributed by atoms with Crippen LogP contribution in [-0.4, -0.2) is 16.5 Å². The lowest BCUT2D eigenvalue weighted by Crippen LogP contribution is -2.17. The minimum Gasteiger partial charge on any atom is -0.393 e. The molecular weight excluding hydrogens is 120 g/mol. The minimum absolute atomic E-state index is 0.0293. The third-order valence-corrected chi connectivity index (χ3v) is 2.18. The number of thiol groups is 1. The second-order valence-electron chi connectivity index (χ2n) is 2.46. The summed E-state index contributed by atoms with van der Waals surface area (Å²) >= 11 is 4.29. The molecule has 1 aliphatic rings.